The van der Waals surface area contributed by atoms with Crippen LogP contribution in [0.3, 0.4) is 0 Å². The molecule has 1 fully saturated rings. The van der Waals surface area contributed by atoms with Gasteiger partial charge in [-0.2, -0.15) is 5.10 Å². The van der Waals surface area contributed by atoms with Crippen LogP contribution in [0.1, 0.15) is 24.0 Å². The van der Waals surface area contributed by atoms with Crippen molar-refractivity contribution in [3.8, 4) is 5.69 Å². The van der Waals surface area contributed by atoms with Crippen LogP contribution in [-0.2, 0) is 11.2 Å². The van der Waals surface area contributed by atoms with E-state index in [9.17, 15) is 0 Å². The fraction of sp³-hybridized carbons (Fsp3) is 0.421. The van der Waals surface area contributed by atoms with Crippen LogP contribution in [0, 0.1) is 13.8 Å². The molecule has 0 bridgehead atoms. The van der Waals surface area contributed by atoms with Gasteiger partial charge in [-0.3, -0.25) is 0 Å². The average molecular weight is 337 g/mol. The molecule has 0 atom stereocenters. The number of hydrogen-bond acceptors (Lipinski definition) is 5. The van der Waals surface area contributed by atoms with Gasteiger partial charge in [0.05, 0.1) is 30.0 Å². The van der Waals surface area contributed by atoms with Crippen molar-refractivity contribution >= 4 is 16.9 Å². The molecule has 130 valence electrons. The van der Waals surface area contributed by atoms with E-state index >= 15 is 0 Å². The molecule has 2 aromatic heterocycles. The van der Waals surface area contributed by atoms with Crippen LogP contribution in [0.5, 0.6) is 0 Å². The van der Waals surface area contributed by atoms with E-state index in [1.807, 2.05) is 11.6 Å². The summed E-state index contributed by atoms with van der Waals surface area (Å²) in [5.41, 5.74) is 4.10. The monoisotopic (exact) mass is 337 g/mol. The quantitative estimate of drug-likeness (QED) is 0.735. The third-order valence-corrected chi connectivity index (χ3v) is 4.63. The van der Waals surface area contributed by atoms with Crippen LogP contribution in [-0.4, -0.2) is 46.1 Å². The van der Waals surface area contributed by atoms with Crippen LogP contribution < -0.4 is 4.90 Å². The van der Waals surface area contributed by atoms with E-state index in [4.69, 9.17) is 19.8 Å². The summed E-state index contributed by atoms with van der Waals surface area (Å²) in [6.45, 7) is 9.38. The summed E-state index contributed by atoms with van der Waals surface area (Å²) in [7, 11) is 0. The molecule has 0 spiro atoms. The Morgan fingerprint density at radius 2 is 1.76 bits per heavy atom. The largest absolute Gasteiger partial charge is 0.378 e. The van der Waals surface area contributed by atoms with E-state index in [1.54, 1.807) is 0 Å². The Morgan fingerprint density at radius 3 is 2.44 bits per heavy atom. The molecule has 1 aliphatic rings. The number of rotatable bonds is 3. The molecule has 6 heteroatoms. The maximum Gasteiger partial charge on any atom is 0.168 e. The van der Waals surface area contributed by atoms with Gasteiger partial charge in [-0.05, 0) is 26.0 Å². The highest BCUT2D eigenvalue weighted by atomic mass is 16.5. The van der Waals surface area contributed by atoms with Crippen molar-refractivity contribution < 1.29 is 4.74 Å². The normalized spacial score (nSPS) is 15.1. The van der Waals surface area contributed by atoms with Crippen molar-refractivity contribution in [2.45, 2.75) is 27.2 Å². The van der Waals surface area contributed by atoms with Gasteiger partial charge in [-0.25, -0.2) is 14.6 Å². The lowest BCUT2D eigenvalue weighted by Gasteiger charge is -2.28. The fourth-order valence-electron chi connectivity index (χ4n) is 3.23. The molecule has 4 rings (SSSR count). The molecule has 25 heavy (non-hydrogen) atoms. The molecular formula is C19H23N5O. The Morgan fingerprint density at radius 1 is 1.04 bits per heavy atom. The Bertz CT molecular complexity index is 894. The van der Waals surface area contributed by atoms with Crippen LogP contribution >= 0.6 is 0 Å². The first kappa shape index (κ1) is 16.0. The second-order valence-electron chi connectivity index (χ2n) is 6.45. The van der Waals surface area contributed by atoms with Gasteiger partial charge in [0.1, 0.15) is 11.6 Å². The van der Waals surface area contributed by atoms with Gasteiger partial charge in [-0.1, -0.05) is 24.6 Å². The molecule has 0 saturated carbocycles. The minimum Gasteiger partial charge on any atom is -0.378 e. The zero-order chi connectivity index (χ0) is 17.4. The number of morpholine rings is 1. The van der Waals surface area contributed by atoms with Gasteiger partial charge in [-0.15, -0.1) is 0 Å². The van der Waals surface area contributed by atoms with E-state index in [-0.39, 0.29) is 0 Å². The van der Waals surface area contributed by atoms with Crippen molar-refractivity contribution in [1.29, 1.82) is 0 Å². The molecule has 0 aliphatic carbocycles. The first-order valence-corrected chi connectivity index (χ1v) is 8.83. The van der Waals surface area contributed by atoms with Crippen molar-refractivity contribution in [2.75, 3.05) is 31.2 Å². The van der Waals surface area contributed by atoms with Gasteiger partial charge in [0.2, 0.25) is 0 Å². The molecule has 0 N–H and O–H groups in total. The Kier molecular flexibility index (Phi) is 4.13. The number of fused-ring (bicyclic) bond motifs is 1. The number of aryl methyl sites for hydroxylation is 3. The number of hydrogen-bond donors (Lipinski definition) is 0. The SMILES string of the molecule is CCc1nc(N2CCOCC2)c2c(C)nn(-c3ccc(C)cc3)c2n1. The summed E-state index contributed by atoms with van der Waals surface area (Å²) in [5, 5.41) is 5.82. The molecule has 3 aromatic rings. The van der Waals surface area contributed by atoms with E-state index in [1.165, 1.54) is 5.56 Å². The van der Waals surface area contributed by atoms with Crippen molar-refractivity contribution in [1.82, 2.24) is 19.7 Å². The second-order valence-corrected chi connectivity index (χ2v) is 6.45. The van der Waals surface area contributed by atoms with E-state index in [0.717, 1.165) is 66.8 Å². The minimum absolute atomic E-state index is 0.734. The predicted octanol–water partition coefficient (Wildman–Crippen LogP) is 2.83. The second kappa shape index (κ2) is 6.44. The van der Waals surface area contributed by atoms with Crippen molar-refractivity contribution in [3.63, 3.8) is 0 Å². The van der Waals surface area contributed by atoms with E-state index < -0.39 is 0 Å². The van der Waals surface area contributed by atoms with Gasteiger partial charge in [0.25, 0.3) is 0 Å². The number of ether oxygens (including phenoxy) is 1. The highest BCUT2D eigenvalue weighted by Gasteiger charge is 2.22. The molecule has 3 heterocycles. The van der Waals surface area contributed by atoms with Gasteiger partial charge < -0.3 is 9.64 Å². The zero-order valence-corrected chi connectivity index (χ0v) is 15.0. The van der Waals surface area contributed by atoms with Crippen molar-refractivity contribution in [2.24, 2.45) is 0 Å². The first-order chi connectivity index (χ1) is 12.2. The summed E-state index contributed by atoms with van der Waals surface area (Å²) in [5.74, 6) is 1.84. The molecule has 1 saturated heterocycles. The van der Waals surface area contributed by atoms with Crippen LogP contribution in [0.4, 0.5) is 5.82 Å². The molecule has 0 amide bonds. The Hall–Kier alpha value is -2.47. The predicted molar refractivity (Wildman–Crippen MR) is 98.5 cm³/mol. The number of benzene rings is 1. The molecule has 0 radical (unpaired) electrons. The number of anilines is 1. The maximum atomic E-state index is 5.50. The third-order valence-electron chi connectivity index (χ3n) is 4.63. The molecule has 6 nitrogen and oxygen atoms in total. The van der Waals surface area contributed by atoms with Gasteiger partial charge >= 0.3 is 0 Å². The first-order valence-electron chi connectivity index (χ1n) is 8.83. The summed E-state index contributed by atoms with van der Waals surface area (Å²) in [6.07, 6.45) is 0.797. The van der Waals surface area contributed by atoms with Gasteiger partial charge in [0.15, 0.2) is 5.65 Å². The van der Waals surface area contributed by atoms with Crippen LogP contribution in [0.25, 0.3) is 16.7 Å². The fourth-order valence-corrected chi connectivity index (χ4v) is 3.23. The topological polar surface area (TPSA) is 56.1 Å². The van der Waals surface area contributed by atoms with Crippen LogP contribution in [0.15, 0.2) is 24.3 Å². The highest BCUT2D eigenvalue weighted by Crippen LogP contribution is 2.29. The molecule has 1 aliphatic heterocycles. The third kappa shape index (κ3) is 2.87. The lowest BCUT2D eigenvalue weighted by Crippen LogP contribution is -2.37. The highest BCUT2D eigenvalue weighted by molar-refractivity contribution is 5.91. The number of nitrogens with zero attached hydrogens (tertiary/aromatic N) is 5. The standard InChI is InChI=1S/C19H23N5O/c1-4-16-20-18(23-9-11-25-12-10-23)17-14(3)22-24(19(17)21-16)15-7-5-13(2)6-8-15/h5-8H,4,9-12H2,1-3H3. The number of aromatic nitrogens is 4. The maximum absolute atomic E-state index is 5.50. The zero-order valence-electron chi connectivity index (χ0n) is 15.0. The summed E-state index contributed by atoms with van der Waals surface area (Å²) < 4.78 is 7.44. The molecule has 0 unspecified atom stereocenters. The van der Waals surface area contributed by atoms with Crippen LogP contribution in [0.2, 0.25) is 0 Å². The van der Waals surface area contributed by atoms with E-state index in [2.05, 4.69) is 43.0 Å². The summed E-state index contributed by atoms with van der Waals surface area (Å²) in [6, 6.07) is 8.37. The lowest BCUT2D eigenvalue weighted by atomic mass is 10.2. The van der Waals surface area contributed by atoms with Crippen molar-refractivity contribution in [3.05, 3.63) is 41.3 Å². The summed E-state index contributed by atoms with van der Waals surface area (Å²) in [4.78, 5) is 11.9. The van der Waals surface area contributed by atoms with Gasteiger partial charge in [0, 0.05) is 19.5 Å². The lowest BCUT2D eigenvalue weighted by molar-refractivity contribution is 0.122. The average Bonchev–Trinajstić information content (AvgIpc) is 2.99. The molecular weight excluding hydrogens is 314 g/mol. The smallest absolute Gasteiger partial charge is 0.168 e. The molecule has 1 aromatic carbocycles. The Balaban J connectivity index is 1.93. The summed E-state index contributed by atoms with van der Waals surface area (Å²) >= 11 is 0. The minimum atomic E-state index is 0.734. The van der Waals surface area contributed by atoms with E-state index in [0.29, 0.717) is 0 Å². The Labute approximate surface area is 147 Å².